The highest BCUT2D eigenvalue weighted by Gasteiger charge is 2.31. The van der Waals surface area contributed by atoms with Gasteiger partial charge < -0.3 is 24.6 Å². The van der Waals surface area contributed by atoms with Crippen LogP contribution in [0.2, 0.25) is 0 Å². The van der Waals surface area contributed by atoms with Crippen LogP contribution in [-0.2, 0) is 4.74 Å². The SMILES string of the molecule is COCOc1cc(-c2ccc(O)c(C#N)c2)ccc1-n1c(=O)n(C2CCN(C(=O)O)C2)c2ncccc21. The second-order valence-corrected chi connectivity index (χ2v) is 8.58. The van der Waals surface area contributed by atoms with Gasteiger partial charge in [0.05, 0.1) is 22.8 Å². The van der Waals surface area contributed by atoms with Gasteiger partial charge in [-0.1, -0.05) is 12.1 Å². The zero-order chi connectivity index (χ0) is 26.1. The maximum Gasteiger partial charge on any atom is 0.407 e. The minimum absolute atomic E-state index is 0.0721. The molecule has 1 atom stereocenters. The van der Waals surface area contributed by atoms with E-state index in [0.29, 0.717) is 46.7 Å². The highest BCUT2D eigenvalue weighted by molar-refractivity contribution is 5.77. The Morgan fingerprint density at radius 2 is 2.00 bits per heavy atom. The zero-order valence-electron chi connectivity index (χ0n) is 19.9. The van der Waals surface area contributed by atoms with E-state index in [4.69, 9.17) is 9.47 Å². The number of nitrogens with zero attached hydrogens (tertiary/aromatic N) is 5. The lowest BCUT2D eigenvalue weighted by atomic mass is 10.0. The summed E-state index contributed by atoms with van der Waals surface area (Å²) >= 11 is 0. The maximum atomic E-state index is 13.8. The number of carboxylic acid groups (broad SMARTS) is 1. The zero-order valence-corrected chi connectivity index (χ0v) is 19.9. The van der Waals surface area contributed by atoms with Gasteiger partial charge in [-0.2, -0.15) is 5.26 Å². The number of methoxy groups -OCH3 is 1. The number of nitriles is 1. The van der Waals surface area contributed by atoms with Gasteiger partial charge in [-0.25, -0.2) is 14.6 Å². The molecule has 0 radical (unpaired) electrons. The highest BCUT2D eigenvalue weighted by Crippen LogP contribution is 2.34. The van der Waals surface area contributed by atoms with Gasteiger partial charge in [0, 0.05) is 26.4 Å². The highest BCUT2D eigenvalue weighted by atomic mass is 16.7. The van der Waals surface area contributed by atoms with Crippen LogP contribution in [0, 0.1) is 11.3 Å². The first-order valence-electron chi connectivity index (χ1n) is 11.5. The van der Waals surface area contributed by atoms with Crippen LogP contribution in [-0.4, -0.2) is 62.3 Å². The number of hydrogen-bond acceptors (Lipinski definition) is 7. The van der Waals surface area contributed by atoms with Crippen molar-refractivity contribution in [1.82, 2.24) is 19.0 Å². The second-order valence-electron chi connectivity index (χ2n) is 8.58. The van der Waals surface area contributed by atoms with Crippen LogP contribution in [0.15, 0.2) is 59.5 Å². The fourth-order valence-electron chi connectivity index (χ4n) is 4.66. The van der Waals surface area contributed by atoms with Gasteiger partial charge in [0.25, 0.3) is 0 Å². The fraction of sp³-hybridized carbons (Fsp3) is 0.231. The normalized spacial score (nSPS) is 15.1. The molecule has 0 saturated carbocycles. The lowest BCUT2D eigenvalue weighted by molar-refractivity contribution is 0.0511. The molecule has 2 N–H and O–H groups in total. The quantitative estimate of drug-likeness (QED) is 0.383. The third kappa shape index (κ3) is 4.23. The van der Waals surface area contributed by atoms with Gasteiger partial charge in [-0.3, -0.25) is 9.13 Å². The molecule has 11 nitrogen and oxygen atoms in total. The van der Waals surface area contributed by atoms with E-state index in [2.05, 4.69) is 4.98 Å². The summed E-state index contributed by atoms with van der Waals surface area (Å²) in [7, 11) is 1.49. The monoisotopic (exact) mass is 501 g/mol. The van der Waals surface area contributed by atoms with E-state index in [1.54, 1.807) is 53.2 Å². The predicted octanol–water partition coefficient (Wildman–Crippen LogP) is 3.34. The molecule has 0 aliphatic carbocycles. The fourth-order valence-corrected chi connectivity index (χ4v) is 4.66. The third-order valence-corrected chi connectivity index (χ3v) is 6.41. The van der Waals surface area contributed by atoms with E-state index < -0.39 is 6.09 Å². The number of rotatable bonds is 6. The van der Waals surface area contributed by atoms with Crippen molar-refractivity contribution in [1.29, 1.82) is 5.26 Å². The van der Waals surface area contributed by atoms with Crippen molar-refractivity contribution in [2.45, 2.75) is 12.5 Å². The van der Waals surface area contributed by atoms with Crippen molar-refractivity contribution in [2.75, 3.05) is 27.0 Å². The molecule has 5 rings (SSSR count). The molecule has 3 heterocycles. The molecule has 0 spiro atoms. The lowest BCUT2D eigenvalue weighted by Gasteiger charge is -2.15. The number of phenolic OH excluding ortho intramolecular Hbond substituents is 1. The Labute approximate surface area is 211 Å². The van der Waals surface area contributed by atoms with E-state index in [1.807, 2.05) is 6.07 Å². The number of aromatic hydroxyl groups is 1. The van der Waals surface area contributed by atoms with Crippen LogP contribution in [0.1, 0.15) is 18.0 Å². The first-order valence-corrected chi connectivity index (χ1v) is 11.5. The average molecular weight is 501 g/mol. The van der Waals surface area contributed by atoms with Gasteiger partial charge in [0.1, 0.15) is 17.6 Å². The van der Waals surface area contributed by atoms with E-state index in [-0.39, 0.29) is 36.4 Å². The number of fused-ring (bicyclic) bond motifs is 1. The molecule has 4 aromatic rings. The number of hydrogen-bond donors (Lipinski definition) is 2. The minimum atomic E-state index is -1.02. The number of phenols is 1. The van der Waals surface area contributed by atoms with Crippen LogP contribution in [0.5, 0.6) is 11.5 Å². The molecule has 188 valence electrons. The van der Waals surface area contributed by atoms with Crippen LogP contribution in [0.3, 0.4) is 0 Å². The molecule has 2 aromatic heterocycles. The molecule has 1 aliphatic rings. The Hall–Kier alpha value is -4.82. The summed E-state index contributed by atoms with van der Waals surface area (Å²) < 4.78 is 14.0. The Morgan fingerprint density at radius 1 is 1.22 bits per heavy atom. The Morgan fingerprint density at radius 3 is 2.73 bits per heavy atom. The summed E-state index contributed by atoms with van der Waals surface area (Å²) in [5.74, 6) is 0.244. The van der Waals surface area contributed by atoms with E-state index in [1.165, 1.54) is 22.6 Å². The lowest BCUT2D eigenvalue weighted by Crippen LogP contribution is -2.31. The second kappa shape index (κ2) is 9.67. The standard InChI is InChI=1S/C26H23N5O6/c1-36-15-37-23-12-17(16-5-7-22(32)18(11-16)13-27)4-6-20(23)31-21-3-2-9-28-24(21)30(25(31)33)19-8-10-29(14-19)26(34)35/h2-7,9,11-12,19,32H,8,10,14-15H2,1H3,(H,34,35). The van der Waals surface area contributed by atoms with Crippen LogP contribution < -0.4 is 10.4 Å². The molecule has 0 bridgehead atoms. The van der Waals surface area contributed by atoms with E-state index >= 15 is 0 Å². The number of amides is 1. The van der Waals surface area contributed by atoms with Crippen LogP contribution in [0.25, 0.3) is 28.0 Å². The van der Waals surface area contributed by atoms with Crippen molar-refractivity contribution in [2.24, 2.45) is 0 Å². The molecule has 2 aromatic carbocycles. The van der Waals surface area contributed by atoms with Crippen molar-refractivity contribution in [3.63, 3.8) is 0 Å². The van der Waals surface area contributed by atoms with Gasteiger partial charge in [0.2, 0.25) is 0 Å². The molecule has 37 heavy (non-hydrogen) atoms. The number of ether oxygens (including phenoxy) is 2. The largest absolute Gasteiger partial charge is 0.507 e. The number of imidazole rings is 1. The topological polar surface area (TPSA) is 143 Å². The first kappa shape index (κ1) is 23.9. The molecule has 1 unspecified atom stereocenters. The summed E-state index contributed by atoms with van der Waals surface area (Å²) in [5, 5.41) is 28.5. The molecule has 1 saturated heterocycles. The Balaban J connectivity index is 1.66. The number of pyridine rings is 1. The molecule has 1 aliphatic heterocycles. The predicted molar refractivity (Wildman–Crippen MR) is 133 cm³/mol. The van der Waals surface area contributed by atoms with Gasteiger partial charge in [-0.15, -0.1) is 0 Å². The summed E-state index contributed by atoms with van der Waals surface area (Å²) in [6.45, 7) is 0.455. The summed E-state index contributed by atoms with van der Waals surface area (Å²) in [6.07, 6.45) is 1.07. The summed E-state index contributed by atoms with van der Waals surface area (Å²) in [4.78, 5) is 31.0. The number of carbonyl (C=O) groups is 1. The third-order valence-electron chi connectivity index (χ3n) is 6.41. The van der Waals surface area contributed by atoms with Crippen LogP contribution in [0.4, 0.5) is 4.79 Å². The van der Waals surface area contributed by atoms with Crippen molar-refractivity contribution >= 4 is 17.3 Å². The molecule has 11 heteroatoms. The molecule has 1 amide bonds. The number of aromatic nitrogens is 3. The van der Waals surface area contributed by atoms with Gasteiger partial charge in [0.15, 0.2) is 12.4 Å². The van der Waals surface area contributed by atoms with Crippen molar-refractivity contribution in [3.05, 3.63) is 70.8 Å². The van der Waals surface area contributed by atoms with Crippen molar-refractivity contribution < 1.29 is 24.5 Å². The van der Waals surface area contributed by atoms with Crippen LogP contribution >= 0.6 is 0 Å². The van der Waals surface area contributed by atoms with Crippen molar-refractivity contribution in [3.8, 4) is 34.4 Å². The first-order chi connectivity index (χ1) is 17.9. The van der Waals surface area contributed by atoms with E-state index in [9.17, 15) is 25.1 Å². The Kier molecular flexibility index (Phi) is 6.25. The van der Waals surface area contributed by atoms with E-state index in [0.717, 1.165) is 0 Å². The average Bonchev–Trinajstić information content (AvgIpc) is 3.50. The summed E-state index contributed by atoms with van der Waals surface area (Å²) in [6, 6.07) is 15.1. The number of likely N-dealkylation sites (tertiary alicyclic amines) is 1. The molecular formula is C26H23N5O6. The number of benzene rings is 2. The Bertz CT molecular complexity index is 1600. The molecule has 1 fully saturated rings. The molecular weight excluding hydrogens is 478 g/mol. The smallest absolute Gasteiger partial charge is 0.407 e. The van der Waals surface area contributed by atoms with Gasteiger partial charge in [-0.05, 0) is 53.9 Å². The summed E-state index contributed by atoms with van der Waals surface area (Å²) in [5.41, 5.74) is 2.61. The minimum Gasteiger partial charge on any atom is -0.507 e. The van der Waals surface area contributed by atoms with Gasteiger partial charge >= 0.3 is 11.8 Å². The maximum absolute atomic E-state index is 13.8.